The van der Waals surface area contributed by atoms with Gasteiger partial charge in [-0.15, -0.1) is 0 Å². The van der Waals surface area contributed by atoms with Crippen LogP contribution in [0, 0.1) is 19.3 Å². The van der Waals surface area contributed by atoms with E-state index in [4.69, 9.17) is 0 Å². The second-order valence-corrected chi connectivity index (χ2v) is 8.35. The molecule has 0 radical (unpaired) electrons. The number of piperidine rings is 1. The third kappa shape index (κ3) is 3.37. The number of amides is 1. The van der Waals surface area contributed by atoms with Crippen LogP contribution in [0.5, 0.6) is 0 Å². The average molecular weight is 359 g/mol. The van der Waals surface area contributed by atoms with E-state index in [2.05, 4.69) is 32.1 Å². The number of rotatable bonds is 5. The molecule has 1 saturated carbocycles. The molecule has 0 bridgehead atoms. The van der Waals surface area contributed by atoms with Gasteiger partial charge in [-0.05, 0) is 80.1 Å². The minimum absolute atomic E-state index is 0.192. The van der Waals surface area contributed by atoms with Crippen molar-refractivity contribution < 1.29 is 4.79 Å². The van der Waals surface area contributed by atoms with Crippen molar-refractivity contribution >= 4 is 17.2 Å². The lowest BCUT2D eigenvalue weighted by molar-refractivity contribution is -0.134. The first kappa shape index (κ1) is 16.8. The summed E-state index contributed by atoms with van der Waals surface area (Å²) in [5.41, 5.74) is 3.61. The highest BCUT2D eigenvalue weighted by Crippen LogP contribution is 2.56. The fraction of sp³-hybridized carbons (Fsp3) is 0.579. The second kappa shape index (κ2) is 6.57. The van der Waals surface area contributed by atoms with Gasteiger partial charge in [0.15, 0.2) is 0 Å². The van der Waals surface area contributed by atoms with Crippen molar-refractivity contribution in [3.8, 4) is 0 Å². The molecule has 4 rings (SSSR count). The zero-order valence-electron chi connectivity index (χ0n) is 15.0. The summed E-state index contributed by atoms with van der Waals surface area (Å²) in [7, 11) is 0. The molecule has 1 saturated heterocycles. The van der Waals surface area contributed by atoms with Crippen LogP contribution < -0.4 is 5.32 Å². The first-order chi connectivity index (χ1) is 12.1. The standard InChI is InChI=1S/C19H26N4OS/c1-14-9-15(2)23(21-14)12-18(24)22(11-16-3-8-25-13-16)17-10-19(17)4-6-20-7-5-19/h3,8-9,13,17,20H,4-7,10-12H2,1-2H3. The molecule has 1 N–H and O–H groups in total. The smallest absolute Gasteiger partial charge is 0.244 e. The van der Waals surface area contributed by atoms with Crippen LogP contribution in [0.1, 0.15) is 36.2 Å². The minimum atomic E-state index is 0.192. The largest absolute Gasteiger partial charge is 0.333 e. The summed E-state index contributed by atoms with van der Waals surface area (Å²) in [6.07, 6.45) is 3.53. The highest BCUT2D eigenvalue weighted by atomic mass is 32.1. The van der Waals surface area contributed by atoms with E-state index < -0.39 is 0 Å². The summed E-state index contributed by atoms with van der Waals surface area (Å²) < 4.78 is 1.84. The Labute approximate surface area is 153 Å². The zero-order valence-corrected chi connectivity index (χ0v) is 15.8. The van der Waals surface area contributed by atoms with E-state index in [1.54, 1.807) is 11.3 Å². The molecule has 1 atom stereocenters. The molecule has 6 heteroatoms. The van der Waals surface area contributed by atoms with E-state index in [-0.39, 0.29) is 5.91 Å². The highest BCUT2D eigenvalue weighted by molar-refractivity contribution is 7.07. The van der Waals surface area contributed by atoms with Crippen molar-refractivity contribution in [2.24, 2.45) is 5.41 Å². The summed E-state index contributed by atoms with van der Waals surface area (Å²) in [4.78, 5) is 15.3. The van der Waals surface area contributed by atoms with Gasteiger partial charge in [-0.25, -0.2) is 0 Å². The molecular weight excluding hydrogens is 332 g/mol. The number of nitrogens with zero attached hydrogens (tertiary/aromatic N) is 3. The van der Waals surface area contributed by atoms with Gasteiger partial charge in [-0.2, -0.15) is 16.4 Å². The molecule has 3 heterocycles. The molecule has 1 unspecified atom stereocenters. The molecule has 1 aliphatic heterocycles. The van der Waals surface area contributed by atoms with E-state index in [1.807, 2.05) is 24.6 Å². The van der Waals surface area contributed by atoms with Crippen molar-refractivity contribution in [2.45, 2.75) is 52.2 Å². The topological polar surface area (TPSA) is 50.2 Å². The second-order valence-electron chi connectivity index (χ2n) is 7.57. The van der Waals surface area contributed by atoms with Crippen LogP contribution in [-0.2, 0) is 17.9 Å². The molecular formula is C19H26N4OS. The van der Waals surface area contributed by atoms with E-state index in [1.165, 1.54) is 18.4 Å². The molecule has 25 heavy (non-hydrogen) atoms. The molecule has 2 aromatic heterocycles. The van der Waals surface area contributed by atoms with Gasteiger partial charge >= 0.3 is 0 Å². The molecule has 1 aliphatic carbocycles. The van der Waals surface area contributed by atoms with Gasteiger partial charge in [-0.3, -0.25) is 9.48 Å². The molecule has 134 valence electrons. The normalized spacial score (nSPS) is 21.4. The number of aromatic nitrogens is 2. The lowest BCUT2D eigenvalue weighted by Crippen LogP contribution is -2.40. The van der Waals surface area contributed by atoms with Crippen LogP contribution in [0.25, 0.3) is 0 Å². The number of carbonyl (C=O) groups excluding carboxylic acids is 1. The van der Waals surface area contributed by atoms with Gasteiger partial charge in [0.1, 0.15) is 6.54 Å². The van der Waals surface area contributed by atoms with Crippen LogP contribution in [0.2, 0.25) is 0 Å². The number of hydrogen-bond donors (Lipinski definition) is 1. The molecule has 1 amide bonds. The van der Waals surface area contributed by atoms with Gasteiger partial charge in [0.05, 0.1) is 5.69 Å². The van der Waals surface area contributed by atoms with Crippen molar-refractivity contribution in [2.75, 3.05) is 13.1 Å². The van der Waals surface area contributed by atoms with Crippen LogP contribution >= 0.6 is 11.3 Å². The zero-order chi connectivity index (χ0) is 17.4. The Hall–Kier alpha value is -1.66. The predicted octanol–water partition coefficient (Wildman–Crippen LogP) is 2.73. The van der Waals surface area contributed by atoms with E-state index in [0.29, 0.717) is 18.0 Å². The summed E-state index contributed by atoms with van der Waals surface area (Å²) in [6, 6.07) is 4.55. The molecule has 5 nitrogen and oxygen atoms in total. The van der Waals surface area contributed by atoms with Gasteiger partial charge in [0.25, 0.3) is 0 Å². The maximum absolute atomic E-state index is 13.2. The molecule has 2 aliphatic rings. The number of carbonyl (C=O) groups is 1. The summed E-state index contributed by atoms with van der Waals surface area (Å²) >= 11 is 1.70. The summed E-state index contributed by atoms with van der Waals surface area (Å²) in [5, 5.41) is 12.2. The van der Waals surface area contributed by atoms with E-state index in [9.17, 15) is 4.79 Å². The van der Waals surface area contributed by atoms with Gasteiger partial charge in [0.2, 0.25) is 5.91 Å². The Morgan fingerprint density at radius 1 is 1.44 bits per heavy atom. The van der Waals surface area contributed by atoms with Crippen LogP contribution in [0.4, 0.5) is 0 Å². The van der Waals surface area contributed by atoms with Gasteiger partial charge < -0.3 is 10.2 Å². The Kier molecular flexibility index (Phi) is 4.41. The van der Waals surface area contributed by atoms with Crippen molar-refractivity contribution in [1.82, 2.24) is 20.0 Å². The Bertz CT molecular complexity index is 746. The summed E-state index contributed by atoms with van der Waals surface area (Å²) in [5.74, 6) is 0.192. The van der Waals surface area contributed by atoms with Crippen molar-refractivity contribution in [1.29, 1.82) is 0 Å². The lowest BCUT2D eigenvalue weighted by atomic mass is 9.93. The van der Waals surface area contributed by atoms with E-state index >= 15 is 0 Å². The molecule has 0 aromatic carbocycles. The number of hydrogen-bond acceptors (Lipinski definition) is 4. The first-order valence-electron chi connectivity index (χ1n) is 9.10. The summed E-state index contributed by atoms with van der Waals surface area (Å²) in [6.45, 7) is 7.21. The SMILES string of the molecule is Cc1cc(C)n(CC(=O)N(Cc2ccsc2)C2CC23CCNCC3)n1. The fourth-order valence-corrected chi connectivity index (χ4v) is 4.89. The highest BCUT2D eigenvalue weighted by Gasteiger charge is 2.57. The average Bonchev–Trinajstić information content (AvgIpc) is 2.94. The van der Waals surface area contributed by atoms with Gasteiger partial charge in [0, 0.05) is 18.3 Å². The maximum Gasteiger partial charge on any atom is 0.244 e. The molecule has 2 fully saturated rings. The van der Waals surface area contributed by atoms with Gasteiger partial charge in [-0.1, -0.05) is 0 Å². The number of thiophene rings is 1. The third-order valence-electron chi connectivity index (χ3n) is 5.76. The predicted molar refractivity (Wildman–Crippen MR) is 99.5 cm³/mol. The molecule has 2 aromatic rings. The number of aryl methyl sites for hydroxylation is 2. The first-order valence-corrected chi connectivity index (χ1v) is 10.0. The molecule has 1 spiro atoms. The van der Waals surface area contributed by atoms with Crippen molar-refractivity contribution in [3.63, 3.8) is 0 Å². The van der Waals surface area contributed by atoms with Crippen LogP contribution in [0.15, 0.2) is 22.9 Å². The number of nitrogens with one attached hydrogen (secondary N) is 1. The van der Waals surface area contributed by atoms with Crippen LogP contribution in [0.3, 0.4) is 0 Å². The fourth-order valence-electron chi connectivity index (χ4n) is 4.23. The monoisotopic (exact) mass is 358 g/mol. The minimum Gasteiger partial charge on any atom is -0.333 e. The van der Waals surface area contributed by atoms with Crippen molar-refractivity contribution in [3.05, 3.63) is 39.8 Å². The Morgan fingerprint density at radius 3 is 2.88 bits per heavy atom. The Balaban J connectivity index is 1.53. The maximum atomic E-state index is 13.2. The Morgan fingerprint density at radius 2 is 2.24 bits per heavy atom. The quantitative estimate of drug-likeness (QED) is 0.894. The van der Waals surface area contributed by atoms with Crippen LogP contribution in [-0.4, -0.2) is 39.7 Å². The lowest BCUT2D eigenvalue weighted by Gasteiger charge is -2.29. The van der Waals surface area contributed by atoms with E-state index in [0.717, 1.165) is 37.4 Å². The third-order valence-corrected chi connectivity index (χ3v) is 6.50.